The summed E-state index contributed by atoms with van der Waals surface area (Å²) in [7, 11) is 0. The second kappa shape index (κ2) is 21.5. The number of unbranched alkanes of at least 4 members (excludes halogenated alkanes) is 7. The van der Waals surface area contributed by atoms with Gasteiger partial charge in [-0.25, -0.2) is 0 Å². The smallest absolute Gasteiger partial charge is 0.246 e. The summed E-state index contributed by atoms with van der Waals surface area (Å²) in [6.07, 6.45) is 17.3. The van der Waals surface area contributed by atoms with E-state index in [1.165, 1.54) is 32.1 Å². The van der Waals surface area contributed by atoms with Crippen LogP contribution in [0.2, 0.25) is 0 Å². The summed E-state index contributed by atoms with van der Waals surface area (Å²) in [5.41, 5.74) is 5.24. The summed E-state index contributed by atoms with van der Waals surface area (Å²) in [5, 5.41) is 6.05. The number of hydrogen-bond acceptors (Lipinski definition) is 5. The van der Waals surface area contributed by atoms with Crippen molar-refractivity contribution in [3.8, 4) is 0 Å². The van der Waals surface area contributed by atoms with E-state index in [-0.39, 0.29) is 41.6 Å². The van der Waals surface area contributed by atoms with Gasteiger partial charge in [-0.1, -0.05) is 112 Å². The molecule has 0 rings (SSSR count). The lowest BCUT2D eigenvalue weighted by molar-refractivity contribution is -0.134. The van der Waals surface area contributed by atoms with E-state index >= 15 is 0 Å². The number of ether oxygens (including phenoxy) is 2. The van der Waals surface area contributed by atoms with E-state index in [9.17, 15) is 9.59 Å². The molecule has 0 fully saturated rings. The van der Waals surface area contributed by atoms with E-state index in [0.717, 1.165) is 64.2 Å². The van der Waals surface area contributed by atoms with Crippen molar-refractivity contribution in [2.75, 3.05) is 26.3 Å². The molecule has 0 aliphatic rings. The maximum atomic E-state index is 12.8. The number of nitrogens with two attached hydrogens (primary N) is 1. The zero-order chi connectivity index (χ0) is 32.1. The van der Waals surface area contributed by atoms with Crippen molar-refractivity contribution < 1.29 is 19.1 Å². The Morgan fingerprint density at radius 2 is 0.952 bits per heavy atom. The van der Waals surface area contributed by atoms with Gasteiger partial charge in [-0.3, -0.25) is 9.59 Å². The first-order chi connectivity index (χ1) is 19.7. The van der Waals surface area contributed by atoms with Crippen LogP contribution in [-0.2, 0) is 19.1 Å². The van der Waals surface area contributed by atoms with Gasteiger partial charge in [0.25, 0.3) is 0 Å². The summed E-state index contributed by atoms with van der Waals surface area (Å²) in [6, 6.07) is 0. The summed E-state index contributed by atoms with van der Waals surface area (Å²) in [5.74, 6) is -0.220. The minimum Gasteiger partial charge on any atom is -0.365 e. The van der Waals surface area contributed by atoms with E-state index < -0.39 is 5.54 Å². The fourth-order valence-corrected chi connectivity index (χ4v) is 5.75. The number of nitrogens with one attached hydrogen (secondary N) is 2. The Morgan fingerprint density at radius 3 is 1.40 bits per heavy atom. The van der Waals surface area contributed by atoms with E-state index in [4.69, 9.17) is 15.2 Å². The molecular weight excluding hydrogens is 526 g/mol. The molecule has 7 nitrogen and oxygen atoms in total. The third-order valence-corrected chi connectivity index (χ3v) is 8.43. The first-order valence-electron chi connectivity index (χ1n) is 17.3. The van der Waals surface area contributed by atoms with Crippen molar-refractivity contribution in [3.05, 3.63) is 0 Å². The molecule has 0 aliphatic carbocycles. The molecule has 2 atom stereocenters. The molecule has 0 spiro atoms. The van der Waals surface area contributed by atoms with Crippen LogP contribution in [0.1, 0.15) is 165 Å². The van der Waals surface area contributed by atoms with Gasteiger partial charge in [0.1, 0.15) is 13.2 Å². The average Bonchev–Trinajstić information content (AvgIpc) is 2.93. The van der Waals surface area contributed by atoms with Gasteiger partial charge in [-0.2, -0.15) is 0 Å². The highest BCUT2D eigenvalue weighted by Crippen LogP contribution is 2.28. The Morgan fingerprint density at radius 1 is 0.571 bits per heavy atom. The predicted octanol–water partition coefficient (Wildman–Crippen LogP) is 7.83. The fraction of sp³-hybridized carbons (Fsp3) is 0.943. The molecular formula is C35H71N3O4. The zero-order valence-electron chi connectivity index (χ0n) is 29.4. The van der Waals surface area contributed by atoms with Gasteiger partial charge in [0.05, 0.1) is 11.2 Å². The molecule has 7 heteroatoms. The molecule has 0 aromatic rings. The zero-order valence-corrected chi connectivity index (χ0v) is 29.4. The van der Waals surface area contributed by atoms with Crippen LogP contribution >= 0.6 is 0 Å². The highest BCUT2D eigenvalue weighted by molar-refractivity contribution is 5.77. The van der Waals surface area contributed by atoms with Gasteiger partial charge in [0, 0.05) is 18.6 Å². The van der Waals surface area contributed by atoms with Crippen molar-refractivity contribution >= 4 is 11.8 Å². The third-order valence-electron chi connectivity index (χ3n) is 8.43. The molecule has 2 unspecified atom stereocenters. The van der Waals surface area contributed by atoms with Crippen LogP contribution in [0.5, 0.6) is 0 Å². The van der Waals surface area contributed by atoms with Crippen LogP contribution in [0.25, 0.3) is 0 Å². The van der Waals surface area contributed by atoms with E-state index in [1.54, 1.807) is 0 Å². The topological polar surface area (TPSA) is 103 Å². The fourth-order valence-electron chi connectivity index (χ4n) is 5.75. The Labute approximate surface area is 260 Å². The highest BCUT2D eigenvalue weighted by Gasteiger charge is 2.31. The molecule has 0 bridgehead atoms. The SMILES string of the molecule is CCCCCCC(C)(CCCCC)OCC(=O)NCC(C)(C)CC(C)(N)CNC(=O)COC(C)(CCCC)CCCC. The number of amides is 2. The van der Waals surface area contributed by atoms with Crippen molar-refractivity contribution in [3.63, 3.8) is 0 Å². The highest BCUT2D eigenvalue weighted by atomic mass is 16.5. The molecule has 0 saturated heterocycles. The minimum atomic E-state index is -0.621. The predicted molar refractivity (Wildman–Crippen MR) is 178 cm³/mol. The minimum absolute atomic E-state index is 0.0510. The Balaban J connectivity index is 4.72. The third kappa shape index (κ3) is 20.7. The van der Waals surface area contributed by atoms with Gasteiger partial charge < -0.3 is 25.8 Å². The van der Waals surface area contributed by atoms with Crippen LogP contribution in [0.3, 0.4) is 0 Å². The van der Waals surface area contributed by atoms with Crippen molar-refractivity contribution in [2.24, 2.45) is 11.1 Å². The number of carbonyl (C=O) groups excluding carboxylic acids is 2. The lowest BCUT2D eigenvalue weighted by atomic mass is 9.79. The lowest BCUT2D eigenvalue weighted by Crippen LogP contribution is -2.52. The second-order valence-corrected chi connectivity index (χ2v) is 14.5. The van der Waals surface area contributed by atoms with Crippen molar-refractivity contribution in [1.29, 1.82) is 0 Å². The van der Waals surface area contributed by atoms with Crippen LogP contribution < -0.4 is 16.4 Å². The summed E-state index contributed by atoms with van der Waals surface area (Å²) >= 11 is 0. The Hall–Kier alpha value is -1.18. The summed E-state index contributed by atoms with van der Waals surface area (Å²) < 4.78 is 12.4. The molecule has 2 amide bonds. The van der Waals surface area contributed by atoms with E-state index in [0.29, 0.717) is 19.5 Å². The van der Waals surface area contributed by atoms with Gasteiger partial charge in [0.2, 0.25) is 11.8 Å². The van der Waals surface area contributed by atoms with Gasteiger partial charge in [0.15, 0.2) is 0 Å². The van der Waals surface area contributed by atoms with Gasteiger partial charge in [-0.15, -0.1) is 0 Å². The van der Waals surface area contributed by atoms with E-state index in [2.05, 4.69) is 66.0 Å². The van der Waals surface area contributed by atoms with Crippen LogP contribution in [0.15, 0.2) is 0 Å². The number of carbonyl (C=O) groups is 2. The van der Waals surface area contributed by atoms with Crippen LogP contribution in [-0.4, -0.2) is 54.9 Å². The molecule has 0 heterocycles. The van der Waals surface area contributed by atoms with Crippen molar-refractivity contribution in [1.82, 2.24) is 10.6 Å². The summed E-state index contributed by atoms with van der Waals surface area (Å²) in [6.45, 7) is 20.2. The number of rotatable bonds is 27. The van der Waals surface area contributed by atoms with Crippen LogP contribution in [0.4, 0.5) is 0 Å². The molecule has 4 N–H and O–H groups in total. The molecule has 250 valence electrons. The van der Waals surface area contributed by atoms with Gasteiger partial charge >= 0.3 is 0 Å². The number of hydrogen-bond donors (Lipinski definition) is 3. The second-order valence-electron chi connectivity index (χ2n) is 14.5. The largest absolute Gasteiger partial charge is 0.365 e. The molecule has 0 aliphatic heterocycles. The lowest BCUT2D eigenvalue weighted by Gasteiger charge is -2.35. The Bertz CT molecular complexity index is 717. The van der Waals surface area contributed by atoms with E-state index in [1.807, 2.05) is 6.92 Å². The molecule has 0 radical (unpaired) electrons. The Kier molecular flexibility index (Phi) is 20.9. The van der Waals surface area contributed by atoms with Crippen LogP contribution in [0, 0.1) is 5.41 Å². The van der Waals surface area contributed by atoms with Gasteiger partial charge in [-0.05, 0) is 58.3 Å². The normalized spacial score (nSPS) is 15.2. The first-order valence-corrected chi connectivity index (χ1v) is 17.3. The quantitative estimate of drug-likeness (QED) is 0.0837. The average molecular weight is 598 g/mol. The standard InChI is InChI=1S/C35H71N3O4/c1-10-14-18-20-24-35(9,23-19-15-11-2)42-25-30(39)37-28-32(5,6)27-33(7,36)29-38-31(40)26-41-34(8,21-16-12-3)22-17-13-4/h10-29,36H2,1-9H3,(H,37,39)(H,38,40). The first kappa shape index (κ1) is 40.8. The summed E-state index contributed by atoms with van der Waals surface area (Å²) in [4.78, 5) is 25.4. The molecule has 42 heavy (non-hydrogen) atoms. The maximum absolute atomic E-state index is 12.8. The molecule has 0 saturated carbocycles. The monoisotopic (exact) mass is 598 g/mol. The maximum Gasteiger partial charge on any atom is 0.246 e. The molecule has 0 aromatic heterocycles. The van der Waals surface area contributed by atoms with Crippen molar-refractivity contribution in [2.45, 2.75) is 182 Å². The molecule has 0 aromatic carbocycles.